The van der Waals surface area contributed by atoms with E-state index in [1.165, 1.54) is 5.57 Å². The first-order chi connectivity index (χ1) is 21.8. The minimum Gasteiger partial charge on any atom is -0.462 e. The first-order valence-corrected chi connectivity index (χ1v) is 16.8. The van der Waals surface area contributed by atoms with Gasteiger partial charge < -0.3 is 34.0 Å². The Morgan fingerprint density at radius 1 is 1.20 bits per heavy atom. The standard InChI is InChI=1S/C37H53NO8/c1-21(2)14-25(6)33-26(7)31(38-42-8)19-36(46-33)18-29-17-28(45-36)13-12-23(4)15-22(3)10-9-11-27-20-43-34-32(39)24(5)16-30(35(40)44-29)37(27,34)41/h9-12,14,16,21-22,26,28-30,32-34,39,41H,13,15,17-20H2,1-8H3/b10-9-,23-12-,25-14+,27-11-,38-31-/t22-,26-,28+,29-,30-,32+,33+,34+,36-,37+/m0/s1. The van der Waals surface area contributed by atoms with Crippen LogP contribution in [0.4, 0.5) is 0 Å². The third kappa shape index (κ3) is 6.99. The number of allylic oxidation sites excluding steroid dienone is 5. The first-order valence-electron chi connectivity index (χ1n) is 16.8. The molecule has 0 aromatic rings. The van der Waals surface area contributed by atoms with Crippen LogP contribution in [0.15, 0.2) is 63.9 Å². The van der Waals surface area contributed by atoms with Gasteiger partial charge in [0.25, 0.3) is 0 Å². The molecule has 254 valence electrons. The lowest BCUT2D eigenvalue weighted by molar-refractivity contribution is -0.313. The van der Waals surface area contributed by atoms with Crippen LogP contribution in [0, 0.1) is 23.7 Å². The number of carbonyl (C=O) groups excluding carboxylic acids is 1. The predicted molar refractivity (Wildman–Crippen MR) is 176 cm³/mol. The highest BCUT2D eigenvalue weighted by atomic mass is 16.7. The highest BCUT2D eigenvalue weighted by Gasteiger charge is 2.60. The molecule has 9 nitrogen and oxygen atoms in total. The summed E-state index contributed by atoms with van der Waals surface area (Å²) < 4.78 is 26.0. The molecule has 0 amide bonds. The Morgan fingerprint density at radius 3 is 2.67 bits per heavy atom. The summed E-state index contributed by atoms with van der Waals surface area (Å²) in [5.74, 6) is -2.15. The van der Waals surface area contributed by atoms with Gasteiger partial charge in [-0.2, -0.15) is 0 Å². The Morgan fingerprint density at radius 2 is 1.96 bits per heavy atom. The maximum atomic E-state index is 14.2. The topological polar surface area (TPSA) is 116 Å². The number of esters is 1. The van der Waals surface area contributed by atoms with Gasteiger partial charge in [0.05, 0.1) is 24.5 Å². The molecular formula is C37H53NO8. The Hall–Kier alpha value is -2.56. The summed E-state index contributed by atoms with van der Waals surface area (Å²) in [5, 5.41) is 27.6. The predicted octanol–water partition coefficient (Wildman–Crippen LogP) is 5.73. The molecule has 5 rings (SSSR count). The van der Waals surface area contributed by atoms with Gasteiger partial charge in [0.15, 0.2) is 5.79 Å². The quantitative estimate of drug-likeness (QED) is 0.229. The van der Waals surface area contributed by atoms with E-state index in [1.54, 1.807) is 20.1 Å². The fraction of sp³-hybridized carbons (Fsp3) is 0.676. The first kappa shape index (κ1) is 34.8. The number of aliphatic hydroxyl groups excluding tert-OH is 1. The lowest BCUT2D eigenvalue weighted by Crippen LogP contribution is -2.59. The SMILES string of the molecule is CO/N=C1/C[C@]2(C[C@@H]3C[C@@H](C/C=C(/C)C[C@@H](C)/C=C\C=C4\CO[C@@H]5[C@H](O)C(C)=C[C@@H](C(=O)O3)[C@]45O)O2)O[C@H](/C(C)=C/C(C)C)[C@H]1C. The van der Waals surface area contributed by atoms with Gasteiger partial charge >= 0.3 is 5.97 Å². The van der Waals surface area contributed by atoms with Crippen LogP contribution >= 0.6 is 0 Å². The summed E-state index contributed by atoms with van der Waals surface area (Å²) in [6.45, 7) is 14.6. The molecule has 1 aliphatic carbocycles. The van der Waals surface area contributed by atoms with E-state index in [4.69, 9.17) is 23.8 Å². The number of aliphatic hydroxyl groups is 2. The maximum absolute atomic E-state index is 14.2. The zero-order valence-corrected chi connectivity index (χ0v) is 28.7. The maximum Gasteiger partial charge on any atom is 0.316 e. The van der Waals surface area contributed by atoms with Gasteiger partial charge in [0.1, 0.15) is 36.9 Å². The average Bonchev–Trinajstić information content (AvgIpc) is 3.31. The summed E-state index contributed by atoms with van der Waals surface area (Å²) in [7, 11) is 1.55. The molecule has 0 aromatic heterocycles. The minimum atomic E-state index is -1.74. The molecule has 5 aliphatic rings. The van der Waals surface area contributed by atoms with E-state index in [9.17, 15) is 15.0 Å². The Labute approximate surface area is 274 Å². The molecule has 4 heterocycles. The van der Waals surface area contributed by atoms with Crippen molar-refractivity contribution in [2.75, 3.05) is 13.7 Å². The Bertz CT molecular complexity index is 1340. The van der Waals surface area contributed by atoms with Crippen LogP contribution in [0.5, 0.6) is 0 Å². The van der Waals surface area contributed by atoms with Crippen LogP contribution in [0.3, 0.4) is 0 Å². The minimum absolute atomic E-state index is 0.0340. The number of oxime groups is 1. The van der Waals surface area contributed by atoms with Gasteiger partial charge in [-0.25, -0.2) is 0 Å². The lowest BCUT2D eigenvalue weighted by Gasteiger charge is -2.50. The smallest absolute Gasteiger partial charge is 0.316 e. The zero-order valence-electron chi connectivity index (χ0n) is 28.7. The highest BCUT2D eigenvalue weighted by molar-refractivity contribution is 5.88. The number of ether oxygens (including phenoxy) is 4. The summed E-state index contributed by atoms with van der Waals surface area (Å²) in [6.07, 6.45) is 11.4. The molecule has 4 aliphatic heterocycles. The van der Waals surface area contributed by atoms with Gasteiger partial charge in [-0.1, -0.05) is 74.9 Å². The summed E-state index contributed by atoms with van der Waals surface area (Å²) in [6, 6.07) is 0. The second-order valence-electron chi connectivity index (χ2n) is 14.5. The van der Waals surface area contributed by atoms with Crippen LogP contribution in [-0.2, 0) is 28.6 Å². The van der Waals surface area contributed by atoms with Crippen molar-refractivity contribution in [1.82, 2.24) is 0 Å². The van der Waals surface area contributed by atoms with E-state index in [-0.39, 0.29) is 30.7 Å². The molecule has 46 heavy (non-hydrogen) atoms. The molecule has 0 saturated carbocycles. The second-order valence-corrected chi connectivity index (χ2v) is 14.5. The fourth-order valence-corrected chi connectivity index (χ4v) is 7.94. The van der Waals surface area contributed by atoms with E-state index in [0.717, 1.165) is 17.7 Å². The molecule has 3 fully saturated rings. The number of carbonyl (C=O) groups is 1. The molecule has 0 aromatic carbocycles. The van der Waals surface area contributed by atoms with Crippen molar-refractivity contribution in [1.29, 1.82) is 0 Å². The fourth-order valence-electron chi connectivity index (χ4n) is 7.94. The molecule has 2 N–H and O–H groups in total. The van der Waals surface area contributed by atoms with E-state index < -0.39 is 41.6 Å². The normalized spacial score (nSPS) is 44.5. The number of fused-ring (bicyclic) bond motifs is 2. The van der Waals surface area contributed by atoms with Crippen molar-refractivity contribution in [2.45, 2.75) is 122 Å². The van der Waals surface area contributed by atoms with Crippen LogP contribution in [0.2, 0.25) is 0 Å². The third-order valence-corrected chi connectivity index (χ3v) is 10.1. The van der Waals surface area contributed by atoms with Crippen molar-refractivity contribution in [2.24, 2.45) is 28.8 Å². The molecular weight excluding hydrogens is 586 g/mol. The lowest BCUT2D eigenvalue weighted by atomic mass is 9.71. The van der Waals surface area contributed by atoms with Crippen LogP contribution in [0.1, 0.15) is 80.6 Å². The summed E-state index contributed by atoms with van der Waals surface area (Å²) in [4.78, 5) is 19.4. The number of hydrogen-bond acceptors (Lipinski definition) is 9. The van der Waals surface area contributed by atoms with Gasteiger partial charge in [0, 0.05) is 25.2 Å². The average molecular weight is 640 g/mol. The van der Waals surface area contributed by atoms with Crippen molar-refractivity contribution in [3.8, 4) is 0 Å². The van der Waals surface area contributed by atoms with Crippen molar-refractivity contribution < 1.29 is 38.8 Å². The van der Waals surface area contributed by atoms with E-state index in [2.05, 4.69) is 64.9 Å². The summed E-state index contributed by atoms with van der Waals surface area (Å²) >= 11 is 0. The van der Waals surface area contributed by atoms with Gasteiger partial charge in [-0.05, 0) is 62.2 Å². The monoisotopic (exact) mass is 639 g/mol. The third-order valence-electron chi connectivity index (χ3n) is 10.1. The molecule has 2 bridgehead atoms. The number of nitrogens with zero attached hydrogens (tertiary/aromatic N) is 1. The van der Waals surface area contributed by atoms with E-state index in [0.29, 0.717) is 42.7 Å². The molecule has 10 atom stereocenters. The molecule has 0 radical (unpaired) electrons. The molecule has 0 unspecified atom stereocenters. The van der Waals surface area contributed by atoms with Crippen molar-refractivity contribution in [3.63, 3.8) is 0 Å². The van der Waals surface area contributed by atoms with Gasteiger partial charge in [0.2, 0.25) is 0 Å². The molecule has 3 saturated heterocycles. The summed E-state index contributed by atoms with van der Waals surface area (Å²) in [5.41, 5.74) is 2.54. The second kappa shape index (κ2) is 13.9. The highest BCUT2D eigenvalue weighted by Crippen LogP contribution is 2.47. The van der Waals surface area contributed by atoms with Gasteiger partial charge in [-0.3, -0.25) is 4.79 Å². The number of rotatable bonds is 3. The number of hydrogen-bond donors (Lipinski definition) is 2. The van der Waals surface area contributed by atoms with Crippen molar-refractivity contribution in [3.05, 3.63) is 58.7 Å². The van der Waals surface area contributed by atoms with Crippen LogP contribution in [-0.4, -0.2) is 77.5 Å². The van der Waals surface area contributed by atoms with E-state index >= 15 is 0 Å². The van der Waals surface area contributed by atoms with Gasteiger partial charge in [-0.15, -0.1) is 0 Å². The van der Waals surface area contributed by atoms with Crippen LogP contribution < -0.4 is 0 Å². The molecule has 9 heteroatoms. The molecule has 1 spiro atoms. The van der Waals surface area contributed by atoms with Crippen molar-refractivity contribution >= 4 is 11.7 Å². The van der Waals surface area contributed by atoms with Crippen LogP contribution in [0.25, 0.3) is 0 Å². The Balaban J connectivity index is 1.55. The Kier molecular flexibility index (Phi) is 10.5. The largest absolute Gasteiger partial charge is 0.462 e. The zero-order chi connectivity index (χ0) is 33.4. The van der Waals surface area contributed by atoms with E-state index in [1.807, 2.05) is 12.2 Å².